The van der Waals surface area contributed by atoms with Crippen LogP contribution in [-0.4, -0.2) is 66.9 Å². The summed E-state index contributed by atoms with van der Waals surface area (Å²) in [6.07, 6.45) is -0.427. The van der Waals surface area contributed by atoms with Crippen LogP contribution in [0.3, 0.4) is 0 Å². The number of esters is 1. The Morgan fingerprint density at radius 1 is 1.21 bits per heavy atom. The normalized spacial score (nSPS) is 19.0. The fraction of sp³-hybridized carbons (Fsp3) is 0.333. The molecule has 1 aromatic heterocycles. The van der Waals surface area contributed by atoms with Gasteiger partial charge in [0.2, 0.25) is 18.0 Å². The summed E-state index contributed by atoms with van der Waals surface area (Å²) in [4.78, 5) is 50.8. The molecule has 2 aliphatic rings. The molecular weight excluding hydrogens is 438 g/mol. The lowest BCUT2D eigenvalue weighted by atomic mass is 10.1. The zero-order valence-corrected chi connectivity index (χ0v) is 17.8. The summed E-state index contributed by atoms with van der Waals surface area (Å²) in [5.41, 5.74) is 2.54. The second-order valence-electron chi connectivity index (χ2n) is 7.12. The molecule has 1 fully saturated rings. The Kier molecular flexibility index (Phi) is 6.18. The Morgan fingerprint density at radius 2 is 2.00 bits per heavy atom. The first-order valence-electron chi connectivity index (χ1n) is 10.00. The number of pyridine rings is 1. The van der Waals surface area contributed by atoms with Gasteiger partial charge in [-0.2, -0.15) is 0 Å². The predicted molar refractivity (Wildman–Crippen MR) is 111 cm³/mol. The number of nitrogens with one attached hydrogen (secondary N) is 1. The molecule has 0 saturated carbocycles. The molecule has 12 heteroatoms. The first-order chi connectivity index (χ1) is 15.9. The zero-order valence-electron chi connectivity index (χ0n) is 17.8. The number of aromatic nitrogens is 1. The lowest BCUT2D eigenvalue weighted by Gasteiger charge is -2.44. The number of methoxy groups -OCH3 is 1. The van der Waals surface area contributed by atoms with Crippen molar-refractivity contribution in [2.24, 2.45) is 0 Å². The van der Waals surface area contributed by atoms with Crippen molar-refractivity contribution in [2.45, 2.75) is 19.2 Å². The highest BCUT2D eigenvalue weighted by Crippen LogP contribution is 2.25. The molecule has 1 amide bonds. The SMILES string of the molecule is COC(=O)c1ccccc1OC(=O)OCOc1c2n(ccc1=O)NC1C(C)OCCN1C2=O. The van der Waals surface area contributed by atoms with E-state index in [1.807, 2.05) is 6.92 Å². The number of ether oxygens (including phenoxy) is 5. The number of hydrogen-bond donors (Lipinski definition) is 1. The van der Waals surface area contributed by atoms with Crippen LogP contribution in [0.1, 0.15) is 27.8 Å². The van der Waals surface area contributed by atoms with Gasteiger partial charge >= 0.3 is 12.1 Å². The minimum Gasteiger partial charge on any atom is -0.465 e. The summed E-state index contributed by atoms with van der Waals surface area (Å²) in [6.45, 7) is 1.83. The molecule has 4 rings (SSSR count). The Hall–Kier alpha value is -4.06. The van der Waals surface area contributed by atoms with Crippen LogP contribution in [0.25, 0.3) is 0 Å². The van der Waals surface area contributed by atoms with Crippen LogP contribution in [0.15, 0.2) is 41.3 Å². The van der Waals surface area contributed by atoms with Crippen molar-refractivity contribution in [1.29, 1.82) is 0 Å². The average molecular weight is 459 g/mol. The van der Waals surface area contributed by atoms with Crippen LogP contribution in [-0.2, 0) is 14.2 Å². The quantitative estimate of drug-likeness (QED) is 0.391. The molecule has 3 heterocycles. The molecule has 174 valence electrons. The maximum atomic E-state index is 13.1. The number of morpholine rings is 1. The molecule has 2 atom stereocenters. The van der Waals surface area contributed by atoms with E-state index < -0.39 is 36.4 Å². The number of para-hydroxylation sites is 1. The third kappa shape index (κ3) is 4.32. The third-order valence-electron chi connectivity index (χ3n) is 5.15. The van der Waals surface area contributed by atoms with Crippen LogP contribution >= 0.6 is 0 Å². The van der Waals surface area contributed by atoms with Gasteiger partial charge in [0.25, 0.3) is 5.91 Å². The van der Waals surface area contributed by atoms with Gasteiger partial charge in [-0.3, -0.25) is 14.3 Å². The van der Waals surface area contributed by atoms with Gasteiger partial charge < -0.3 is 34.0 Å². The average Bonchev–Trinajstić information content (AvgIpc) is 2.81. The number of rotatable bonds is 5. The molecule has 1 aromatic carbocycles. The Morgan fingerprint density at radius 3 is 2.79 bits per heavy atom. The van der Waals surface area contributed by atoms with Gasteiger partial charge in [-0.15, -0.1) is 0 Å². The molecule has 2 aliphatic heterocycles. The van der Waals surface area contributed by atoms with Gasteiger partial charge in [0.15, 0.2) is 5.69 Å². The highest BCUT2D eigenvalue weighted by atomic mass is 16.8. The number of fused-ring (bicyclic) bond motifs is 2. The molecule has 0 aliphatic carbocycles. The summed E-state index contributed by atoms with van der Waals surface area (Å²) < 4.78 is 26.8. The van der Waals surface area contributed by atoms with Gasteiger partial charge in [0.05, 0.1) is 19.8 Å². The fourth-order valence-electron chi connectivity index (χ4n) is 3.56. The predicted octanol–water partition coefficient (Wildman–Crippen LogP) is 0.931. The van der Waals surface area contributed by atoms with E-state index in [1.54, 1.807) is 17.0 Å². The van der Waals surface area contributed by atoms with Crippen LogP contribution in [0.4, 0.5) is 4.79 Å². The highest BCUT2D eigenvalue weighted by molar-refractivity contribution is 5.96. The molecule has 33 heavy (non-hydrogen) atoms. The largest absolute Gasteiger partial charge is 0.516 e. The van der Waals surface area contributed by atoms with E-state index in [2.05, 4.69) is 10.2 Å². The highest BCUT2D eigenvalue weighted by Gasteiger charge is 2.40. The molecule has 2 unspecified atom stereocenters. The summed E-state index contributed by atoms with van der Waals surface area (Å²) >= 11 is 0. The number of nitrogens with zero attached hydrogens (tertiary/aromatic N) is 2. The standard InChI is InChI=1S/C21H21N3O9/c1-12-18-22-24-8-7-14(25)17(16(24)19(26)23(18)9-10-30-12)31-11-32-21(28)33-15-6-4-3-5-13(15)20(27)29-2/h3-8,12,18,22H,9-11H2,1-2H3. The van der Waals surface area contributed by atoms with E-state index in [1.165, 1.54) is 36.2 Å². The van der Waals surface area contributed by atoms with Crippen LogP contribution in [0, 0.1) is 0 Å². The molecular formula is C21H21N3O9. The number of carbonyl (C=O) groups excluding carboxylic acids is 3. The maximum Gasteiger partial charge on any atom is 0.516 e. The van der Waals surface area contributed by atoms with Crippen LogP contribution in [0.5, 0.6) is 11.5 Å². The monoisotopic (exact) mass is 459 g/mol. The summed E-state index contributed by atoms with van der Waals surface area (Å²) in [6, 6.07) is 7.15. The van der Waals surface area contributed by atoms with Gasteiger partial charge in [0.1, 0.15) is 17.5 Å². The van der Waals surface area contributed by atoms with Gasteiger partial charge in [0, 0.05) is 18.8 Å². The van der Waals surface area contributed by atoms with Gasteiger partial charge in [-0.25, -0.2) is 9.59 Å². The number of amides is 1. The van der Waals surface area contributed by atoms with E-state index in [9.17, 15) is 19.2 Å². The molecule has 0 radical (unpaired) electrons. The van der Waals surface area contributed by atoms with Crippen LogP contribution in [0.2, 0.25) is 0 Å². The van der Waals surface area contributed by atoms with E-state index in [0.29, 0.717) is 13.2 Å². The summed E-state index contributed by atoms with van der Waals surface area (Å²) in [5.74, 6) is -1.47. The second kappa shape index (κ2) is 9.20. The van der Waals surface area contributed by atoms with Crippen molar-refractivity contribution in [1.82, 2.24) is 9.58 Å². The van der Waals surface area contributed by atoms with Crippen molar-refractivity contribution in [3.05, 3.63) is 58.0 Å². The first-order valence-corrected chi connectivity index (χ1v) is 10.00. The Bertz CT molecular complexity index is 1150. The molecule has 12 nitrogen and oxygen atoms in total. The minimum absolute atomic E-state index is 0.0270. The summed E-state index contributed by atoms with van der Waals surface area (Å²) in [5, 5.41) is 0. The van der Waals surface area contributed by atoms with Crippen molar-refractivity contribution in [3.8, 4) is 11.5 Å². The van der Waals surface area contributed by atoms with Gasteiger partial charge in [-0.05, 0) is 19.1 Å². The van der Waals surface area contributed by atoms with E-state index in [-0.39, 0.29) is 28.9 Å². The van der Waals surface area contributed by atoms with E-state index in [4.69, 9.17) is 18.9 Å². The topological polar surface area (TPSA) is 135 Å². The number of carbonyl (C=O) groups is 3. The van der Waals surface area contributed by atoms with Gasteiger partial charge in [-0.1, -0.05) is 12.1 Å². The van der Waals surface area contributed by atoms with Crippen molar-refractivity contribution < 1.29 is 38.1 Å². The maximum absolute atomic E-state index is 13.1. The third-order valence-corrected chi connectivity index (χ3v) is 5.15. The lowest BCUT2D eigenvalue weighted by Crippen LogP contribution is -2.62. The van der Waals surface area contributed by atoms with Crippen molar-refractivity contribution >= 4 is 18.0 Å². The molecule has 2 aromatic rings. The fourth-order valence-corrected chi connectivity index (χ4v) is 3.56. The van der Waals surface area contributed by atoms with Crippen molar-refractivity contribution in [2.75, 3.05) is 32.5 Å². The summed E-state index contributed by atoms with van der Waals surface area (Å²) in [7, 11) is 1.19. The van der Waals surface area contributed by atoms with Crippen molar-refractivity contribution in [3.63, 3.8) is 0 Å². The number of hydrogen-bond acceptors (Lipinski definition) is 10. The van der Waals surface area contributed by atoms with E-state index >= 15 is 0 Å². The van der Waals surface area contributed by atoms with E-state index in [0.717, 1.165) is 0 Å². The lowest BCUT2D eigenvalue weighted by molar-refractivity contribution is -0.0495. The minimum atomic E-state index is -1.18. The Balaban J connectivity index is 1.46. The Labute approximate surface area is 187 Å². The zero-order chi connectivity index (χ0) is 23.5. The van der Waals surface area contributed by atoms with Crippen LogP contribution < -0.4 is 20.3 Å². The second-order valence-corrected chi connectivity index (χ2v) is 7.12. The number of benzene rings is 1. The first kappa shape index (κ1) is 22.1. The molecule has 1 N–H and O–H groups in total. The molecule has 0 spiro atoms. The molecule has 0 bridgehead atoms. The smallest absolute Gasteiger partial charge is 0.465 e. The molecule has 1 saturated heterocycles.